The molecule has 0 unspecified atom stereocenters. The average Bonchev–Trinajstić information content (AvgIpc) is 2.73. The third-order valence-corrected chi connectivity index (χ3v) is 3.85. The van der Waals surface area contributed by atoms with Gasteiger partial charge in [0.05, 0.1) is 18.9 Å². The highest BCUT2D eigenvalue weighted by Gasteiger charge is 2.09. The van der Waals surface area contributed by atoms with Crippen LogP contribution in [0.3, 0.4) is 0 Å². The van der Waals surface area contributed by atoms with E-state index < -0.39 is 5.91 Å². The number of pyridine rings is 1. The molecule has 7 heteroatoms. The Bertz CT molecular complexity index is 974. The van der Waals surface area contributed by atoms with E-state index in [4.69, 9.17) is 9.47 Å². The van der Waals surface area contributed by atoms with Gasteiger partial charge >= 0.3 is 0 Å². The lowest BCUT2D eigenvalue weighted by Crippen LogP contribution is -2.17. The van der Waals surface area contributed by atoms with Crippen LogP contribution in [-0.4, -0.2) is 29.3 Å². The molecule has 0 aliphatic heterocycles. The van der Waals surface area contributed by atoms with E-state index in [0.29, 0.717) is 11.6 Å². The molecule has 0 atom stereocenters. The Morgan fingerprint density at radius 1 is 1.18 bits per heavy atom. The Balaban J connectivity index is 1.67. The number of phenolic OH excluding ortho intramolecular Hbond substituents is 1. The van der Waals surface area contributed by atoms with Crippen LogP contribution in [0.1, 0.15) is 21.5 Å². The third-order valence-electron chi connectivity index (χ3n) is 3.85. The van der Waals surface area contributed by atoms with Crippen molar-refractivity contribution in [3.63, 3.8) is 0 Å². The fourth-order valence-corrected chi connectivity index (χ4v) is 2.47. The monoisotopic (exact) mass is 377 g/mol. The SMILES string of the molecule is COc1ccc(/C=N/NC(=O)c2ccccc2O)cc1COc1ccccn1. The molecule has 0 fully saturated rings. The summed E-state index contributed by atoms with van der Waals surface area (Å²) in [5.41, 5.74) is 4.10. The van der Waals surface area contributed by atoms with Crippen LogP contribution in [0.2, 0.25) is 0 Å². The van der Waals surface area contributed by atoms with Crippen LogP contribution in [-0.2, 0) is 6.61 Å². The summed E-state index contributed by atoms with van der Waals surface area (Å²) < 4.78 is 11.0. The Morgan fingerprint density at radius 3 is 2.75 bits per heavy atom. The molecule has 28 heavy (non-hydrogen) atoms. The molecule has 1 amide bonds. The maximum Gasteiger partial charge on any atom is 0.275 e. The summed E-state index contributed by atoms with van der Waals surface area (Å²) in [5, 5.41) is 13.6. The van der Waals surface area contributed by atoms with Gasteiger partial charge in [0.2, 0.25) is 5.88 Å². The van der Waals surface area contributed by atoms with Gasteiger partial charge in [0.15, 0.2) is 0 Å². The second-order valence-corrected chi connectivity index (χ2v) is 5.74. The molecule has 0 saturated carbocycles. The quantitative estimate of drug-likeness (QED) is 0.487. The van der Waals surface area contributed by atoms with Gasteiger partial charge in [-0.3, -0.25) is 4.79 Å². The molecular weight excluding hydrogens is 358 g/mol. The van der Waals surface area contributed by atoms with Gasteiger partial charge in [-0.05, 0) is 42.0 Å². The summed E-state index contributed by atoms with van der Waals surface area (Å²) >= 11 is 0. The molecule has 0 radical (unpaired) electrons. The van der Waals surface area contributed by atoms with Crippen molar-refractivity contribution >= 4 is 12.1 Å². The molecule has 2 aromatic carbocycles. The zero-order valence-electron chi connectivity index (χ0n) is 15.2. The standard InChI is InChI=1S/C21H19N3O4/c1-27-19-10-9-15(12-16(19)14-28-20-8-4-5-11-22-20)13-23-24-21(26)17-6-2-3-7-18(17)25/h2-13,25H,14H2,1H3,(H,24,26)/b23-13+. The smallest absolute Gasteiger partial charge is 0.275 e. The van der Waals surface area contributed by atoms with Crippen molar-refractivity contribution in [2.75, 3.05) is 7.11 Å². The van der Waals surface area contributed by atoms with Gasteiger partial charge < -0.3 is 14.6 Å². The van der Waals surface area contributed by atoms with E-state index in [1.807, 2.05) is 18.2 Å². The Kier molecular flexibility index (Phi) is 6.20. The molecule has 0 spiro atoms. The lowest BCUT2D eigenvalue weighted by atomic mass is 10.1. The summed E-state index contributed by atoms with van der Waals surface area (Å²) in [6.45, 7) is 0.270. The van der Waals surface area contributed by atoms with Crippen LogP contribution in [0.4, 0.5) is 0 Å². The molecule has 0 aliphatic rings. The number of carbonyl (C=O) groups is 1. The molecule has 1 heterocycles. The number of rotatable bonds is 7. The number of carbonyl (C=O) groups excluding carboxylic acids is 1. The zero-order chi connectivity index (χ0) is 19.8. The Morgan fingerprint density at radius 2 is 2.00 bits per heavy atom. The van der Waals surface area contributed by atoms with E-state index in [1.165, 1.54) is 18.3 Å². The van der Waals surface area contributed by atoms with Gasteiger partial charge in [-0.25, -0.2) is 10.4 Å². The fourth-order valence-electron chi connectivity index (χ4n) is 2.47. The summed E-state index contributed by atoms with van der Waals surface area (Å²) in [5.74, 6) is 0.583. The minimum atomic E-state index is -0.499. The van der Waals surface area contributed by atoms with Crippen molar-refractivity contribution in [1.82, 2.24) is 10.4 Å². The lowest BCUT2D eigenvalue weighted by molar-refractivity contribution is 0.0952. The van der Waals surface area contributed by atoms with Crippen LogP contribution >= 0.6 is 0 Å². The molecule has 7 nitrogen and oxygen atoms in total. The van der Waals surface area contributed by atoms with Crippen molar-refractivity contribution in [3.05, 3.63) is 83.6 Å². The van der Waals surface area contributed by atoms with E-state index in [9.17, 15) is 9.90 Å². The second kappa shape index (κ2) is 9.18. The number of nitrogens with one attached hydrogen (secondary N) is 1. The zero-order valence-corrected chi connectivity index (χ0v) is 15.2. The normalized spacial score (nSPS) is 10.6. The number of aromatic hydroxyl groups is 1. The van der Waals surface area contributed by atoms with Crippen molar-refractivity contribution in [2.24, 2.45) is 5.10 Å². The van der Waals surface area contributed by atoms with E-state index >= 15 is 0 Å². The number of para-hydroxylation sites is 1. The Hall–Kier alpha value is -3.87. The molecule has 2 N–H and O–H groups in total. The van der Waals surface area contributed by atoms with Gasteiger partial charge in [-0.1, -0.05) is 18.2 Å². The van der Waals surface area contributed by atoms with E-state index in [0.717, 1.165) is 11.1 Å². The molecular formula is C21H19N3O4. The van der Waals surface area contributed by atoms with Crippen molar-refractivity contribution in [1.29, 1.82) is 0 Å². The molecule has 1 aromatic heterocycles. The largest absolute Gasteiger partial charge is 0.507 e. The minimum absolute atomic E-state index is 0.103. The minimum Gasteiger partial charge on any atom is -0.507 e. The summed E-state index contributed by atoms with van der Waals surface area (Å²) in [6, 6.07) is 17.1. The van der Waals surface area contributed by atoms with Crippen LogP contribution in [0.25, 0.3) is 0 Å². The molecule has 0 bridgehead atoms. The first-order chi connectivity index (χ1) is 13.7. The fraction of sp³-hybridized carbons (Fsp3) is 0.0952. The number of ether oxygens (including phenoxy) is 2. The number of hydrogen-bond donors (Lipinski definition) is 2. The number of aromatic nitrogens is 1. The number of benzene rings is 2. The summed E-state index contributed by atoms with van der Waals surface area (Å²) in [4.78, 5) is 16.2. The summed E-state index contributed by atoms with van der Waals surface area (Å²) in [6.07, 6.45) is 3.16. The van der Waals surface area contributed by atoms with Gasteiger partial charge in [0.1, 0.15) is 18.1 Å². The highest BCUT2D eigenvalue weighted by molar-refractivity contribution is 5.97. The van der Waals surface area contributed by atoms with Gasteiger partial charge in [0, 0.05) is 17.8 Å². The highest BCUT2D eigenvalue weighted by atomic mass is 16.5. The van der Waals surface area contributed by atoms with Crippen molar-refractivity contribution in [3.8, 4) is 17.4 Å². The first kappa shape index (κ1) is 18.9. The number of amides is 1. The first-order valence-corrected chi connectivity index (χ1v) is 8.49. The molecule has 142 valence electrons. The lowest BCUT2D eigenvalue weighted by Gasteiger charge is -2.10. The average molecular weight is 377 g/mol. The van der Waals surface area contributed by atoms with Crippen LogP contribution in [0.5, 0.6) is 17.4 Å². The predicted octanol–water partition coefficient (Wildman–Crippen LogP) is 3.14. The maximum atomic E-state index is 12.1. The first-order valence-electron chi connectivity index (χ1n) is 8.49. The number of phenols is 1. The number of hydrogen-bond acceptors (Lipinski definition) is 6. The predicted molar refractivity (Wildman–Crippen MR) is 105 cm³/mol. The van der Waals surface area contributed by atoms with Crippen molar-refractivity contribution in [2.45, 2.75) is 6.61 Å². The third kappa shape index (κ3) is 4.85. The highest BCUT2D eigenvalue weighted by Crippen LogP contribution is 2.21. The maximum absolute atomic E-state index is 12.1. The van der Waals surface area contributed by atoms with Crippen LogP contribution in [0, 0.1) is 0 Å². The van der Waals surface area contributed by atoms with Gasteiger partial charge in [-0.2, -0.15) is 5.10 Å². The topological polar surface area (TPSA) is 93.0 Å². The van der Waals surface area contributed by atoms with Gasteiger partial charge in [0.25, 0.3) is 5.91 Å². The number of nitrogens with zero attached hydrogens (tertiary/aromatic N) is 2. The second-order valence-electron chi connectivity index (χ2n) is 5.74. The molecule has 3 aromatic rings. The van der Waals surface area contributed by atoms with E-state index in [-0.39, 0.29) is 17.9 Å². The molecule has 0 saturated heterocycles. The number of hydrazone groups is 1. The summed E-state index contributed by atoms with van der Waals surface area (Å²) in [7, 11) is 1.58. The van der Waals surface area contributed by atoms with Crippen LogP contribution in [0.15, 0.2) is 72.0 Å². The van der Waals surface area contributed by atoms with Crippen molar-refractivity contribution < 1.29 is 19.4 Å². The molecule has 3 rings (SSSR count). The van der Waals surface area contributed by atoms with Gasteiger partial charge in [-0.15, -0.1) is 0 Å². The molecule has 0 aliphatic carbocycles. The Labute approximate surface area is 162 Å². The number of methoxy groups -OCH3 is 1. The van der Waals surface area contributed by atoms with E-state index in [1.54, 1.807) is 43.6 Å². The van der Waals surface area contributed by atoms with E-state index in [2.05, 4.69) is 15.5 Å². The van der Waals surface area contributed by atoms with Crippen LogP contribution < -0.4 is 14.9 Å².